The van der Waals surface area contributed by atoms with Crippen LogP contribution in [-0.4, -0.2) is 15.8 Å². The lowest BCUT2D eigenvalue weighted by atomic mass is 9.93. The van der Waals surface area contributed by atoms with Gasteiger partial charge >= 0.3 is 0 Å². The first-order chi connectivity index (χ1) is 6.79. The second-order valence-corrected chi connectivity index (χ2v) is 3.85. The summed E-state index contributed by atoms with van der Waals surface area (Å²) in [6, 6.07) is 0.361. The first kappa shape index (κ1) is 9.46. The number of aromatic nitrogens is 2. The van der Waals surface area contributed by atoms with Gasteiger partial charge in [-0.25, -0.2) is 0 Å². The molecule has 1 aliphatic carbocycles. The third kappa shape index (κ3) is 1.87. The maximum Gasteiger partial charge on any atom is 0.0564 e. The lowest BCUT2D eigenvalue weighted by molar-refractivity contribution is 0.614. The summed E-state index contributed by atoms with van der Waals surface area (Å²) in [7, 11) is 0. The molecule has 0 aliphatic heterocycles. The number of aryl methyl sites for hydroxylation is 1. The average Bonchev–Trinajstić information content (AvgIpc) is 2.67. The van der Waals surface area contributed by atoms with Crippen LogP contribution in [0.25, 0.3) is 5.57 Å². The summed E-state index contributed by atoms with van der Waals surface area (Å²) in [5, 5.41) is 4.27. The van der Waals surface area contributed by atoms with Crippen molar-refractivity contribution >= 4 is 5.57 Å². The minimum absolute atomic E-state index is 0.361. The van der Waals surface area contributed by atoms with Crippen LogP contribution in [0, 0.1) is 0 Å². The Bertz CT molecular complexity index is 338. The third-order valence-electron chi connectivity index (χ3n) is 2.78. The summed E-state index contributed by atoms with van der Waals surface area (Å²) in [6.45, 7) is 3.04. The molecule has 0 saturated carbocycles. The van der Waals surface area contributed by atoms with E-state index in [0.717, 1.165) is 25.8 Å². The molecule has 76 valence electrons. The van der Waals surface area contributed by atoms with Gasteiger partial charge in [-0.2, -0.15) is 5.10 Å². The number of allylic oxidation sites excluding steroid dienone is 1. The van der Waals surface area contributed by atoms with Crippen molar-refractivity contribution in [1.29, 1.82) is 0 Å². The van der Waals surface area contributed by atoms with E-state index in [9.17, 15) is 0 Å². The van der Waals surface area contributed by atoms with Crippen molar-refractivity contribution in [1.82, 2.24) is 9.78 Å². The first-order valence-corrected chi connectivity index (χ1v) is 5.27. The van der Waals surface area contributed by atoms with E-state index in [2.05, 4.69) is 24.3 Å². The zero-order valence-electron chi connectivity index (χ0n) is 8.61. The van der Waals surface area contributed by atoms with Crippen molar-refractivity contribution in [2.24, 2.45) is 5.73 Å². The normalized spacial score (nSPS) is 22.1. The van der Waals surface area contributed by atoms with Gasteiger partial charge in [-0.05, 0) is 31.8 Å². The fourth-order valence-corrected chi connectivity index (χ4v) is 1.82. The molecule has 1 aliphatic rings. The molecule has 1 heterocycles. The van der Waals surface area contributed by atoms with E-state index >= 15 is 0 Å². The molecule has 1 aromatic heterocycles. The molecule has 2 N–H and O–H groups in total. The summed E-state index contributed by atoms with van der Waals surface area (Å²) < 4.78 is 1.96. The van der Waals surface area contributed by atoms with Crippen LogP contribution in [0.4, 0.5) is 0 Å². The highest BCUT2D eigenvalue weighted by Crippen LogP contribution is 2.25. The molecule has 3 nitrogen and oxygen atoms in total. The van der Waals surface area contributed by atoms with Crippen LogP contribution in [0.3, 0.4) is 0 Å². The minimum Gasteiger partial charge on any atom is -0.327 e. The lowest BCUT2D eigenvalue weighted by Gasteiger charge is -2.16. The summed E-state index contributed by atoms with van der Waals surface area (Å²) in [4.78, 5) is 0. The van der Waals surface area contributed by atoms with Crippen LogP contribution >= 0.6 is 0 Å². The predicted molar refractivity (Wildman–Crippen MR) is 57.7 cm³/mol. The third-order valence-corrected chi connectivity index (χ3v) is 2.78. The van der Waals surface area contributed by atoms with Crippen molar-refractivity contribution < 1.29 is 0 Å². The van der Waals surface area contributed by atoms with Gasteiger partial charge in [-0.3, -0.25) is 4.68 Å². The fraction of sp³-hybridized carbons (Fsp3) is 0.545. The standard InChI is InChI=1S/C11H17N3/c1-2-14-8-10(7-13-14)9-3-5-11(12)6-4-9/h3,7-8,11H,2,4-6,12H2,1H3. The van der Waals surface area contributed by atoms with Gasteiger partial charge in [0.25, 0.3) is 0 Å². The number of nitrogens with two attached hydrogens (primary N) is 1. The van der Waals surface area contributed by atoms with Gasteiger partial charge in [-0.15, -0.1) is 0 Å². The van der Waals surface area contributed by atoms with Crippen LogP contribution in [-0.2, 0) is 6.54 Å². The average molecular weight is 191 g/mol. The van der Waals surface area contributed by atoms with Gasteiger partial charge in [0.1, 0.15) is 0 Å². The molecule has 0 radical (unpaired) electrons. The largest absolute Gasteiger partial charge is 0.327 e. The van der Waals surface area contributed by atoms with E-state index in [1.807, 2.05) is 10.9 Å². The Morgan fingerprint density at radius 1 is 1.64 bits per heavy atom. The number of nitrogens with zero attached hydrogens (tertiary/aromatic N) is 2. The Hall–Kier alpha value is -1.09. The van der Waals surface area contributed by atoms with Gasteiger partial charge < -0.3 is 5.73 Å². The van der Waals surface area contributed by atoms with Gasteiger partial charge in [-0.1, -0.05) is 6.08 Å². The molecule has 0 bridgehead atoms. The first-order valence-electron chi connectivity index (χ1n) is 5.27. The smallest absolute Gasteiger partial charge is 0.0564 e. The van der Waals surface area contributed by atoms with E-state index in [1.54, 1.807) is 0 Å². The maximum atomic E-state index is 5.84. The van der Waals surface area contributed by atoms with Crippen molar-refractivity contribution in [3.05, 3.63) is 24.0 Å². The summed E-state index contributed by atoms with van der Waals surface area (Å²) in [6.07, 6.45) is 9.52. The molecule has 0 amide bonds. The minimum atomic E-state index is 0.361. The van der Waals surface area contributed by atoms with E-state index in [0.29, 0.717) is 6.04 Å². The monoisotopic (exact) mass is 191 g/mol. The topological polar surface area (TPSA) is 43.8 Å². The number of hydrogen-bond acceptors (Lipinski definition) is 2. The second-order valence-electron chi connectivity index (χ2n) is 3.85. The number of hydrogen-bond donors (Lipinski definition) is 1. The highest BCUT2D eigenvalue weighted by atomic mass is 15.3. The van der Waals surface area contributed by atoms with Crippen LogP contribution in [0.1, 0.15) is 31.7 Å². The van der Waals surface area contributed by atoms with Crippen LogP contribution < -0.4 is 5.73 Å². The molecular formula is C11H17N3. The van der Waals surface area contributed by atoms with E-state index < -0.39 is 0 Å². The predicted octanol–water partition coefficient (Wildman–Crippen LogP) is 1.80. The molecule has 2 rings (SSSR count). The molecule has 3 heteroatoms. The SMILES string of the molecule is CCn1cc(C2=CCC(N)CC2)cn1. The molecule has 0 aromatic carbocycles. The fourth-order valence-electron chi connectivity index (χ4n) is 1.82. The highest BCUT2D eigenvalue weighted by molar-refractivity contribution is 5.65. The van der Waals surface area contributed by atoms with Crippen molar-refractivity contribution in [3.63, 3.8) is 0 Å². The van der Waals surface area contributed by atoms with E-state index in [1.165, 1.54) is 11.1 Å². The van der Waals surface area contributed by atoms with E-state index in [-0.39, 0.29) is 0 Å². The van der Waals surface area contributed by atoms with Crippen molar-refractivity contribution in [3.8, 4) is 0 Å². The summed E-state index contributed by atoms with van der Waals surface area (Å²) in [5.74, 6) is 0. The van der Waals surface area contributed by atoms with Gasteiger partial charge in [0.05, 0.1) is 6.20 Å². The van der Waals surface area contributed by atoms with Gasteiger partial charge in [0.2, 0.25) is 0 Å². The molecular weight excluding hydrogens is 174 g/mol. The lowest BCUT2D eigenvalue weighted by Crippen LogP contribution is -2.21. The Morgan fingerprint density at radius 3 is 3.07 bits per heavy atom. The van der Waals surface area contributed by atoms with Gasteiger partial charge in [0, 0.05) is 24.3 Å². The van der Waals surface area contributed by atoms with Crippen LogP contribution in [0.2, 0.25) is 0 Å². The van der Waals surface area contributed by atoms with Crippen LogP contribution in [0.15, 0.2) is 18.5 Å². The zero-order valence-corrected chi connectivity index (χ0v) is 8.61. The molecule has 1 unspecified atom stereocenters. The quantitative estimate of drug-likeness (QED) is 0.774. The number of rotatable bonds is 2. The zero-order chi connectivity index (χ0) is 9.97. The summed E-state index contributed by atoms with van der Waals surface area (Å²) >= 11 is 0. The highest BCUT2D eigenvalue weighted by Gasteiger charge is 2.12. The Morgan fingerprint density at radius 2 is 2.50 bits per heavy atom. The summed E-state index contributed by atoms with van der Waals surface area (Å²) in [5.41, 5.74) is 8.51. The second kappa shape index (κ2) is 3.96. The Labute approximate surface area is 84.6 Å². The van der Waals surface area contributed by atoms with Gasteiger partial charge in [0.15, 0.2) is 0 Å². The molecule has 0 fully saturated rings. The molecule has 14 heavy (non-hydrogen) atoms. The van der Waals surface area contributed by atoms with E-state index in [4.69, 9.17) is 5.73 Å². The molecule has 1 aromatic rings. The Balaban J connectivity index is 2.15. The molecule has 1 atom stereocenters. The molecule has 0 spiro atoms. The van der Waals surface area contributed by atoms with Crippen molar-refractivity contribution in [2.75, 3.05) is 0 Å². The Kier molecular flexibility index (Phi) is 2.68. The van der Waals surface area contributed by atoms with Crippen LogP contribution in [0.5, 0.6) is 0 Å². The maximum absolute atomic E-state index is 5.84. The molecule has 0 saturated heterocycles. The van der Waals surface area contributed by atoms with Crippen molar-refractivity contribution in [2.45, 2.75) is 38.8 Å².